The molecule has 0 radical (unpaired) electrons. The standard InChI is InChI=1S/C15H19BrN4/c1-17-13(12-14(16)18-19-20(12)2)15(9-6-10-15)11-7-4-3-5-8-11/h3-5,7-8,13,17H,6,9-10H2,1-2H3. The summed E-state index contributed by atoms with van der Waals surface area (Å²) in [5.74, 6) is 0. The minimum absolute atomic E-state index is 0.147. The molecule has 1 aliphatic carbocycles. The summed E-state index contributed by atoms with van der Waals surface area (Å²) >= 11 is 3.54. The molecule has 2 aromatic rings. The van der Waals surface area contributed by atoms with Crippen molar-refractivity contribution in [2.24, 2.45) is 7.05 Å². The third-order valence-corrected chi connectivity index (χ3v) is 5.10. The van der Waals surface area contributed by atoms with Gasteiger partial charge < -0.3 is 5.32 Å². The number of hydrogen-bond acceptors (Lipinski definition) is 3. The number of aromatic nitrogens is 3. The summed E-state index contributed by atoms with van der Waals surface area (Å²) in [6, 6.07) is 11.0. The van der Waals surface area contributed by atoms with E-state index in [0.29, 0.717) is 0 Å². The van der Waals surface area contributed by atoms with Crippen molar-refractivity contribution >= 4 is 15.9 Å². The van der Waals surface area contributed by atoms with Gasteiger partial charge in [0.2, 0.25) is 0 Å². The zero-order valence-electron chi connectivity index (χ0n) is 11.8. The minimum Gasteiger partial charge on any atom is -0.311 e. The number of nitrogens with one attached hydrogen (secondary N) is 1. The molecule has 1 unspecified atom stereocenters. The van der Waals surface area contributed by atoms with E-state index < -0.39 is 0 Å². The Morgan fingerprint density at radius 2 is 2.00 bits per heavy atom. The first kappa shape index (κ1) is 13.8. The highest BCUT2D eigenvalue weighted by Crippen LogP contribution is 2.52. The molecule has 4 nitrogen and oxygen atoms in total. The van der Waals surface area contributed by atoms with Crippen LogP contribution in [0.5, 0.6) is 0 Å². The molecule has 5 heteroatoms. The summed E-state index contributed by atoms with van der Waals surface area (Å²) < 4.78 is 2.70. The van der Waals surface area contributed by atoms with Gasteiger partial charge in [0, 0.05) is 12.5 Å². The average Bonchev–Trinajstić information content (AvgIpc) is 2.75. The van der Waals surface area contributed by atoms with Crippen LogP contribution >= 0.6 is 15.9 Å². The Morgan fingerprint density at radius 3 is 2.45 bits per heavy atom. The first-order valence-corrected chi connectivity index (χ1v) is 7.76. The zero-order valence-corrected chi connectivity index (χ0v) is 13.4. The maximum atomic E-state index is 4.14. The predicted molar refractivity (Wildman–Crippen MR) is 82.5 cm³/mol. The van der Waals surface area contributed by atoms with E-state index in [1.807, 2.05) is 18.8 Å². The highest BCUT2D eigenvalue weighted by atomic mass is 79.9. The highest BCUT2D eigenvalue weighted by Gasteiger charge is 2.47. The lowest BCUT2D eigenvalue weighted by atomic mass is 9.59. The molecule has 0 saturated heterocycles. The molecule has 20 heavy (non-hydrogen) atoms. The van der Waals surface area contributed by atoms with Gasteiger partial charge in [0.25, 0.3) is 0 Å². The molecule has 1 heterocycles. The summed E-state index contributed by atoms with van der Waals surface area (Å²) in [7, 11) is 3.97. The molecule has 3 rings (SSSR count). The molecule has 0 amide bonds. The van der Waals surface area contributed by atoms with Crippen LogP contribution < -0.4 is 5.32 Å². The van der Waals surface area contributed by atoms with E-state index in [0.717, 1.165) is 10.3 Å². The van der Waals surface area contributed by atoms with Crippen molar-refractivity contribution in [1.29, 1.82) is 0 Å². The van der Waals surface area contributed by atoms with Gasteiger partial charge in [-0.05, 0) is 41.4 Å². The van der Waals surface area contributed by atoms with E-state index in [2.05, 4.69) is 61.9 Å². The Hall–Kier alpha value is -1.20. The SMILES string of the molecule is CNC(c1c(Br)nnn1C)C1(c2ccccc2)CCC1. The molecule has 1 fully saturated rings. The molecule has 1 aliphatic rings. The van der Waals surface area contributed by atoms with Crippen molar-refractivity contribution in [2.75, 3.05) is 7.05 Å². The number of benzene rings is 1. The number of halogens is 1. The van der Waals surface area contributed by atoms with Gasteiger partial charge in [0.1, 0.15) is 0 Å². The zero-order chi connectivity index (χ0) is 14.2. The smallest absolute Gasteiger partial charge is 0.153 e. The summed E-state index contributed by atoms with van der Waals surface area (Å²) in [5.41, 5.74) is 2.67. The predicted octanol–water partition coefficient (Wildman–Crippen LogP) is 2.96. The third-order valence-electron chi connectivity index (χ3n) is 4.54. The highest BCUT2D eigenvalue weighted by molar-refractivity contribution is 9.10. The molecule has 0 bridgehead atoms. The van der Waals surface area contributed by atoms with Gasteiger partial charge in [-0.25, -0.2) is 4.68 Å². The molecule has 0 spiro atoms. The van der Waals surface area contributed by atoms with Gasteiger partial charge >= 0.3 is 0 Å². The number of rotatable bonds is 4. The molecular formula is C15H19BrN4. The number of likely N-dealkylation sites (N-methyl/N-ethyl adjacent to an activating group) is 1. The molecule has 106 valence electrons. The topological polar surface area (TPSA) is 42.7 Å². The summed E-state index contributed by atoms with van der Waals surface area (Å²) in [6.07, 6.45) is 3.66. The second-order valence-corrected chi connectivity index (χ2v) is 6.24. The second kappa shape index (κ2) is 5.30. The number of aryl methyl sites for hydroxylation is 1. The normalized spacial score (nSPS) is 18.6. The third kappa shape index (κ3) is 2.00. The molecule has 0 aliphatic heterocycles. The van der Waals surface area contributed by atoms with Crippen LogP contribution in [0.3, 0.4) is 0 Å². The molecule has 1 atom stereocenters. The minimum atomic E-state index is 0.147. The lowest BCUT2D eigenvalue weighted by Crippen LogP contribution is -2.46. The van der Waals surface area contributed by atoms with E-state index in [1.165, 1.54) is 24.8 Å². The maximum Gasteiger partial charge on any atom is 0.153 e. The van der Waals surface area contributed by atoms with Gasteiger partial charge in [-0.15, -0.1) is 5.10 Å². The summed E-state index contributed by atoms with van der Waals surface area (Å²) in [6.45, 7) is 0. The van der Waals surface area contributed by atoms with Gasteiger partial charge in [0.05, 0.1) is 11.7 Å². The second-order valence-electron chi connectivity index (χ2n) is 5.49. The molecule has 1 saturated carbocycles. The van der Waals surface area contributed by atoms with Crippen molar-refractivity contribution in [3.8, 4) is 0 Å². The van der Waals surface area contributed by atoms with Crippen molar-refractivity contribution in [2.45, 2.75) is 30.7 Å². The largest absolute Gasteiger partial charge is 0.311 e. The molecule has 1 aromatic heterocycles. The van der Waals surface area contributed by atoms with Gasteiger partial charge in [-0.2, -0.15) is 0 Å². The van der Waals surface area contributed by atoms with E-state index in [-0.39, 0.29) is 11.5 Å². The van der Waals surface area contributed by atoms with Crippen LogP contribution in [0.25, 0.3) is 0 Å². The Morgan fingerprint density at radius 1 is 1.30 bits per heavy atom. The van der Waals surface area contributed by atoms with E-state index in [9.17, 15) is 0 Å². The Kier molecular flexibility index (Phi) is 3.65. The fourth-order valence-electron chi connectivity index (χ4n) is 3.39. The lowest BCUT2D eigenvalue weighted by molar-refractivity contribution is 0.169. The molecular weight excluding hydrogens is 316 g/mol. The Bertz CT molecular complexity index is 570. The Labute approximate surface area is 127 Å². The quantitative estimate of drug-likeness (QED) is 0.934. The summed E-state index contributed by atoms with van der Waals surface area (Å²) in [4.78, 5) is 0. The average molecular weight is 335 g/mol. The van der Waals surface area contributed by atoms with Gasteiger partial charge in [0.15, 0.2) is 4.60 Å². The molecule has 1 N–H and O–H groups in total. The molecule has 1 aromatic carbocycles. The fraction of sp³-hybridized carbons (Fsp3) is 0.467. The van der Waals surface area contributed by atoms with Crippen LogP contribution in [0.2, 0.25) is 0 Å². The van der Waals surface area contributed by atoms with Crippen LogP contribution in [0.4, 0.5) is 0 Å². The van der Waals surface area contributed by atoms with Crippen molar-refractivity contribution in [1.82, 2.24) is 20.3 Å². The van der Waals surface area contributed by atoms with Crippen molar-refractivity contribution in [3.63, 3.8) is 0 Å². The van der Waals surface area contributed by atoms with Crippen LogP contribution in [-0.2, 0) is 12.5 Å². The van der Waals surface area contributed by atoms with Gasteiger partial charge in [-0.3, -0.25) is 0 Å². The Balaban J connectivity index is 2.08. The maximum absolute atomic E-state index is 4.14. The fourth-order valence-corrected chi connectivity index (χ4v) is 3.95. The van der Waals surface area contributed by atoms with Crippen LogP contribution in [0.15, 0.2) is 34.9 Å². The summed E-state index contributed by atoms with van der Waals surface area (Å²) in [5, 5.41) is 11.8. The lowest BCUT2D eigenvalue weighted by Gasteiger charge is -2.48. The van der Waals surface area contributed by atoms with E-state index >= 15 is 0 Å². The first-order valence-electron chi connectivity index (χ1n) is 6.97. The van der Waals surface area contributed by atoms with Crippen LogP contribution in [-0.4, -0.2) is 22.0 Å². The van der Waals surface area contributed by atoms with Gasteiger partial charge in [-0.1, -0.05) is 42.0 Å². The van der Waals surface area contributed by atoms with E-state index in [4.69, 9.17) is 0 Å². The first-order chi connectivity index (χ1) is 9.69. The number of hydrogen-bond donors (Lipinski definition) is 1. The van der Waals surface area contributed by atoms with Crippen molar-refractivity contribution in [3.05, 3.63) is 46.2 Å². The van der Waals surface area contributed by atoms with Crippen molar-refractivity contribution < 1.29 is 0 Å². The number of nitrogens with zero attached hydrogens (tertiary/aromatic N) is 3. The van der Waals surface area contributed by atoms with Crippen LogP contribution in [0, 0.1) is 0 Å². The van der Waals surface area contributed by atoms with Crippen LogP contribution in [0.1, 0.15) is 36.6 Å². The van der Waals surface area contributed by atoms with E-state index in [1.54, 1.807) is 0 Å². The monoisotopic (exact) mass is 334 g/mol.